The van der Waals surface area contributed by atoms with Gasteiger partial charge in [0.1, 0.15) is 5.75 Å². The molecule has 0 fully saturated rings. The monoisotopic (exact) mass is 396 g/mol. The van der Waals surface area contributed by atoms with Gasteiger partial charge in [-0.1, -0.05) is 35.9 Å². The minimum absolute atomic E-state index is 0.155. The van der Waals surface area contributed by atoms with Crippen molar-refractivity contribution < 1.29 is 17.9 Å². The number of para-hydroxylation sites is 2. The van der Waals surface area contributed by atoms with Gasteiger partial charge < -0.3 is 10.1 Å². The molecule has 7 heteroatoms. The Bertz CT molecular complexity index is 1090. The summed E-state index contributed by atoms with van der Waals surface area (Å²) in [5.74, 6) is 0.160. The largest absolute Gasteiger partial charge is 0.495 e. The Morgan fingerprint density at radius 3 is 2.36 bits per heavy atom. The number of carbonyl (C=O) groups excluding carboxylic acids is 1. The third-order valence-corrected chi connectivity index (χ3v) is 5.46. The molecule has 3 rings (SSSR count). The molecule has 0 saturated heterocycles. The maximum Gasteiger partial charge on any atom is 0.261 e. The van der Waals surface area contributed by atoms with E-state index in [4.69, 9.17) is 4.74 Å². The van der Waals surface area contributed by atoms with E-state index in [1.807, 2.05) is 6.92 Å². The molecule has 0 saturated carbocycles. The van der Waals surface area contributed by atoms with Gasteiger partial charge in [0.05, 0.1) is 17.7 Å². The Morgan fingerprint density at radius 1 is 0.929 bits per heavy atom. The van der Waals surface area contributed by atoms with E-state index in [9.17, 15) is 13.2 Å². The van der Waals surface area contributed by atoms with E-state index in [2.05, 4.69) is 10.0 Å². The predicted octanol–water partition coefficient (Wildman–Crippen LogP) is 4.06. The van der Waals surface area contributed by atoms with Crippen molar-refractivity contribution >= 4 is 27.3 Å². The molecule has 0 aliphatic carbocycles. The van der Waals surface area contributed by atoms with Crippen LogP contribution in [0.15, 0.2) is 77.7 Å². The topological polar surface area (TPSA) is 84.5 Å². The minimum Gasteiger partial charge on any atom is -0.495 e. The molecule has 0 aromatic heterocycles. The van der Waals surface area contributed by atoms with Crippen LogP contribution in [0, 0.1) is 6.92 Å². The SMILES string of the molecule is COc1ccccc1NC(=O)c1cccc(NS(=O)(=O)c2ccc(C)cc2)c1. The van der Waals surface area contributed by atoms with Crippen LogP contribution in [0.3, 0.4) is 0 Å². The minimum atomic E-state index is -3.74. The molecule has 144 valence electrons. The number of anilines is 2. The average Bonchev–Trinajstić information content (AvgIpc) is 2.68. The lowest BCUT2D eigenvalue weighted by Gasteiger charge is -2.12. The highest BCUT2D eigenvalue weighted by molar-refractivity contribution is 7.92. The zero-order valence-corrected chi connectivity index (χ0v) is 16.3. The Balaban J connectivity index is 1.80. The average molecular weight is 396 g/mol. The van der Waals surface area contributed by atoms with Crippen molar-refractivity contribution in [2.45, 2.75) is 11.8 Å². The summed E-state index contributed by atoms with van der Waals surface area (Å²) in [5.41, 5.74) is 2.11. The van der Waals surface area contributed by atoms with Crippen LogP contribution in [-0.4, -0.2) is 21.4 Å². The normalized spacial score (nSPS) is 10.9. The molecule has 2 N–H and O–H groups in total. The molecular weight excluding hydrogens is 376 g/mol. The maximum absolute atomic E-state index is 12.6. The Morgan fingerprint density at radius 2 is 1.64 bits per heavy atom. The van der Waals surface area contributed by atoms with Crippen LogP contribution in [0.25, 0.3) is 0 Å². The molecule has 0 spiro atoms. The second-order valence-electron chi connectivity index (χ2n) is 6.15. The van der Waals surface area contributed by atoms with Crippen molar-refractivity contribution in [2.75, 3.05) is 17.1 Å². The number of hydrogen-bond acceptors (Lipinski definition) is 4. The number of ether oxygens (including phenoxy) is 1. The summed E-state index contributed by atoms with van der Waals surface area (Å²) in [6.07, 6.45) is 0. The van der Waals surface area contributed by atoms with E-state index >= 15 is 0 Å². The summed E-state index contributed by atoms with van der Waals surface area (Å²) in [6.45, 7) is 1.88. The third kappa shape index (κ3) is 4.50. The van der Waals surface area contributed by atoms with Gasteiger partial charge in [0, 0.05) is 11.3 Å². The molecule has 0 heterocycles. The number of rotatable bonds is 6. The van der Waals surface area contributed by atoms with Crippen LogP contribution >= 0.6 is 0 Å². The number of hydrogen-bond donors (Lipinski definition) is 2. The molecule has 0 bridgehead atoms. The molecule has 3 aromatic rings. The number of nitrogens with one attached hydrogen (secondary N) is 2. The van der Waals surface area contributed by atoms with E-state index in [-0.39, 0.29) is 10.8 Å². The smallest absolute Gasteiger partial charge is 0.261 e. The van der Waals surface area contributed by atoms with E-state index < -0.39 is 10.0 Å². The predicted molar refractivity (Wildman–Crippen MR) is 109 cm³/mol. The fourth-order valence-corrected chi connectivity index (χ4v) is 3.65. The first kappa shape index (κ1) is 19.4. The molecule has 28 heavy (non-hydrogen) atoms. The second-order valence-corrected chi connectivity index (χ2v) is 7.84. The molecule has 1 amide bonds. The Hall–Kier alpha value is -3.32. The number of benzene rings is 3. The standard InChI is InChI=1S/C21H20N2O4S/c1-15-10-12-18(13-11-15)28(25,26)23-17-7-5-6-16(14-17)21(24)22-19-8-3-4-9-20(19)27-2/h3-14,23H,1-2H3,(H,22,24). The van der Waals surface area contributed by atoms with Crippen LogP contribution < -0.4 is 14.8 Å². The highest BCUT2D eigenvalue weighted by atomic mass is 32.2. The van der Waals surface area contributed by atoms with E-state index in [0.29, 0.717) is 22.7 Å². The first-order valence-electron chi connectivity index (χ1n) is 8.53. The van der Waals surface area contributed by atoms with Crippen molar-refractivity contribution in [3.63, 3.8) is 0 Å². The quantitative estimate of drug-likeness (QED) is 0.658. The summed E-state index contributed by atoms with van der Waals surface area (Å²) in [6, 6.07) is 19.9. The van der Waals surface area contributed by atoms with Crippen LogP contribution in [0.2, 0.25) is 0 Å². The Labute approximate surface area is 164 Å². The molecule has 0 aliphatic heterocycles. The van der Waals surface area contributed by atoms with Crippen LogP contribution in [0.4, 0.5) is 11.4 Å². The number of sulfonamides is 1. The molecule has 3 aromatic carbocycles. The van der Waals surface area contributed by atoms with Gasteiger partial charge in [-0.05, 0) is 49.4 Å². The molecule has 0 atom stereocenters. The lowest BCUT2D eigenvalue weighted by Crippen LogP contribution is -2.15. The molecule has 0 unspecified atom stereocenters. The highest BCUT2D eigenvalue weighted by Crippen LogP contribution is 2.24. The van der Waals surface area contributed by atoms with Crippen LogP contribution in [-0.2, 0) is 10.0 Å². The van der Waals surface area contributed by atoms with Crippen molar-refractivity contribution in [3.05, 3.63) is 83.9 Å². The Kier molecular flexibility index (Phi) is 5.65. The van der Waals surface area contributed by atoms with Gasteiger partial charge in [-0.25, -0.2) is 8.42 Å². The number of amides is 1. The molecule has 0 aliphatic rings. The lowest BCUT2D eigenvalue weighted by molar-refractivity contribution is 0.102. The lowest BCUT2D eigenvalue weighted by atomic mass is 10.2. The number of methoxy groups -OCH3 is 1. The summed E-state index contributed by atoms with van der Waals surface area (Å²) in [4.78, 5) is 12.7. The van der Waals surface area contributed by atoms with Gasteiger partial charge in [-0.3, -0.25) is 9.52 Å². The van der Waals surface area contributed by atoms with Crippen molar-refractivity contribution in [2.24, 2.45) is 0 Å². The molecule has 0 radical (unpaired) electrons. The number of carbonyl (C=O) groups is 1. The number of aryl methyl sites for hydroxylation is 1. The van der Waals surface area contributed by atoms with Gasteiger partial charge in [0.2, 0.25) is 0 Å². The summed E-state index contributed by atoms with van der Waals surface area (Å²) >= 11 is 0. The van der Waals surface area contributed by atoms with Gasteiger partial charge in [0.25, 0.3) is 15.9 Å². The third-order valence-electron chi connectivity index (χ3n) is 4.06. The van der Waals surface area contributed by atoms with Gasteiger partial charge in [-0.15, -0.1) is 0 Å². The zero-order chi connectivity index (χ0) is 20.1. The zero-order valence-electron chi connectivity index (χ0n) is 15.5. The summed E-state index contributed by atoms with van der Waals surface area (Å²) in [7, 11) is -2.22. The maximum atomic E-state index is 12.6. The van der Waals surface area contributed by atoms with Gasteiger partial charge in [-0.2, -0.15) is 0 Å². The van der Waals surface area contributed by atoms with Crippen molar-refractivity contribution in [1.29, 1.82) is 0 Å². The first-order chi connectivity index (χ1) is 13.4. The molecular formula is C21H20N2O4S. The van der Waals surface area contributed by atoms with Crippen LogP contribution in [0.5, 0.6) is 5.75 Å². The summed E-state index contributed by atoms with van der Waals surface area (Å²) < 4.78 is 32.8. The van der Waals surface area contributed by atoms with E-state index in [0.717, 1.165) is 5.56 Å². The summed E-state index contributed by atoms with van der Waals surface area (Å²) in [5, 5.41) is 2.76. The van der Waals surface area contributed by atoms with Gasteiger partial charge >= 0.3 is 0 Å². The van der Waals surface area contributed by atoms with Crippen molar-refractivity contribution in [3.8, 4) is 5.75 Å². The van der Waals surface area contributed by atoms with Crippen LogP contribution in [0.1, 0.15) is 15.9 Å². The van der Waals surface area contributed by atoms with Gasteiger partial charge in [0.15, 0.2) is 0 Å². The fourth-order valence-electron chi connectivity index (χ4n) is 2.60. The van der Waals surface area contributed by atoms with E-state index in [1.165, 1.54) is 25.3 Å². The highest BCUT2D eigenvalue weighted by Gasteiger charge is 2.15. The first-order valence-corrected chi connectivity index (χ1v) is 10.0. The van der Waals surface area contributed by atoms with Crippen molar-refractivity contribution in [1.82, 2.24) is 0 Å². The molecule has 6 nitrogen and oxygen atoms in total. The fraction of sp³-hybridized carbons (Fsp3) is 0.0952. The second kappa shape index (κ2) is 8.14. The van der Waals surface area contributed by atoms with E-state index in [1.54, 1.807) is 54.6 Å².